The second kappa shape index (κ2) is 4.41. The maximum atomic E-state index is 6.24. The molecule has 2 aliphatic rings. The van der Waals surface area contributed by atoms with Gasteiger partial charge in [-0.3, -0.25) is 0 Å². The summed E-state index contributed by atoms with van der Waals surface area (Å²) in [5, 5.41) is 7.96. The van der Waals surface area contributed by atoms with E-state index in [1.165, 1.54) is 32.1 Å². The van der Waals surface area contributed by atoms with Gasteiger partial charge in [0.05, 0.1) is 16.4 Å². The molecule has 1 aliphatic heterocycles. The summed E-state index contributed by atoms with van der Waals surface area (Å²) in [6.07, 6.45) is 6.80. The van der Waals surface area contributed by atoms with Crippen LogP contribution in [0.15, 0.2) is 18.2 Å². The van der Waals surface area contributed by atoms with Crippen LogP contribution in [0.3, 0.4) is 0 Å². The fourth-order valence-electron chi connectivity index (χ4n) is 3.13. The average Bonchev–Trinajstić information content (AvgIpc) is 2.53. The quantitative estimate of drug-likeness (QED) is 0.724. The lowest BCUT2D eigenvalue weighted by molar-refractivity contribution is 0.224. The summed E-state index contributed by atoms with van der Waals surface area (Å²) in [7, 11) is 0. The molecule has 0 atom stereocenters. The van der Waals surface area contributed by atoms with Crippen molar-refractivity contribution in [2.24, 2.45) is 5.41 Å². The van der Waals surface area contributed by atoms with E-state index >= 15 is 0 Å². The Morgan fingerprint density at radius 1 is 1.00 bits per heavy atom. The highest BCUT2D eigenvalue weighted by molar-refractivity contribution is 6.34. The van der Waals surface area contributed by atoms with Gasteiger partial charge in [-0.15, -0.1) is 0 Å². The van der Waals surface area contributed by atoms with E-state index < -0.39 is 0 Å². The zero-order valence-electron chi connectivity index (χ0n) is 10.1. The summed E-state index contributed by atoms with van der Waals surface area (Å²) in [5.74, 6) is 0. The Bertz CT molecular complexity index is 411. The first-order chi connectivity index (χ1) is 8.29. The number of fused-ring (bicyclic) bond motifs is 1. The van der Waals surface area contributed by atoms with Gasteiger partial charge in [-0.1, -0.05) is 36.9 Å². The average molecular weight is 251 g/mol. The Morgan fingerprint density at radius 2 is 1.76 bits per heavy atom. The molecule has 0 saturated heterocycles. The van der Waals surface area contributed by atoms with Crippen molar-refractivity contribution in [1.29, 1.82) is 0 Å². The van der Waals surface area contributed by atoms with Gasteiger partial charge in [-0.05, 0) is 25.0 Å². The van der Waals surface area contributed by atoms with Crippen LogP contribution in [0.4, 0.5) is 11.4 Å². The molecule has 1 aromatic carbocycles. The van der Waals surface area contributed by atoms with Crippen LogP contribution >= 0.6 is 11.6 Å². The third kappa shape index (κ3) is 2.11. The van der Waals surface area contributed by atoms with Crippen molar-refractivity contribution < 1.29 is 0 Å². The first-order valence-corrected chi connectivity index (χ1v) is 6.93. The van der Waals surface area contributed by atoms with Crippen molar-refractivity contribution in [1.82, 2.24) is 0 Å². The van der Waals surface area contributed by atoms with Gasteiger partial charge in [0.2, 0.25) is 0 Å². The number of benzene rings is 1. The smallest absolute Gasteiger partial charge is 0.0765 e. The largest absolute Gasteiger partial charge is 0.383 e. The number of rotatable bonds is 0. The van der Waals surface area contributed by atoms with E-state index in [1.807, 2.05) is 12.1 Å². The van der Waals surface area contributed by atoms with E-state index in [1.54, 1.807) is 0 Å². The van der Waals surface area contributed by atoms with Crippen LogP contribution in [0.2, 0.25) is 5.02 Å². The van der Waals surface area contributed by atoms with Crippen LogP contribution < -0.4 is 10.6 Å². The van der Waals surface area contributed by atoms with E-state index in [2.05, 4.69) is 16.7 Å². The van der Waals surface area contributed by atoms with Crippen LogP contribution in [-0.4, -0.2) is 13.1 Å². The molecule has 2 nitrogen and oxygen atoms in total. The molecule has 2 N–H and O–H groups in total. The SMILES string of the molecule is Clc1cccc2c1NCC1(CCCCC1)CN2. The lowest BCUT2D eigenvalue weighted by Gasteiger charge is -2.36. The van der Waals surface area contributed by atoms with Crippen molar-refractivity contribution >= 4 is 23.0 Å². The summed E-state index contributed by atoms with van der Waals surface area (Å²) in [4.78, 5) is 0. The van der Waals surface area contributed by atoms with Gasteiger partial charge in [0.1, 0.15) is 0 Å². The minimum atomic E-state index is 0.431. The molecule has 1 aromatic rings. The van der Waals surface area contributed by atoms with Gasteiger partial charge in [-0.2, -0.15) is 0 Å². The molecule has 17 heavy (non-hydrogen) atoms. The third-order valence-corrected chi connectivity index (χ3v) is 4.54. The Hall–Kier alpha value is -0.890. The van der Waals surface area contributed by atoms with Crippen molar-refractivity contribution in [2.75, 3.05) is 23.7 Å². The van der Waals surface area contributed by atoms with E-state index in [0.29, 0.717) is 5.41 Å². The van der Waals surface area contributed by atoms with E-state index in [-0.39, 0.29) is 0 Å². The maximum absolute atomic E-state index is 6.24. The fourth-order valence-corrected chi connectivity index (χ4v) is 3.37. The number of para-hydroxylation sites is 1. The zero-order chi connectivity index (χ0) is 11.7. The predicted octanol–water partition coefficient (Wildman–Crippen LogP) is 4.13. The summed E-state index contributed by atoms with van der Waals surface area (Å²) in [6, 6.07) is 6.07. The van der Waals surface area contributed by atoms with E-state index in [9.17, 15) is 0 Å². The van der Waals surface area contributed by atoms with Gasteiger partial charge >= 0.3 is 0 Å². The van der Waals surface area contributed by atoms with Crippen LogP contribution in [0.5, 0.6) is 0 Å². The standard InChI is InChI=1S/C14H19ClN2/c15-11-5-4-6-12-13(11)17-10-14(9-16-12)7-2-1-3-8-14/h4-6,16-17H,1-3,7-10H2. The monoisotopic (exact) mass is 250 g/mol. The zero-order valence-corrected chi connectivity index (χ0v) is 10.8. The summed E-state index contributed by atoms with van der Waals surface area (Å²) in [6.45, 7) is 2.13. The molecule has 0 bridgehead atoms. The van der Waals surface area contributed by atoms with Crippen LogP contribution in [0.1, 0.15) is 32.1 Å². The molecule has 0 radical (unpaired) electrons. The van der Waals surface area contributed by atoms with Gasteiger partial charge in [0, 0.05) is 18.5 Å². The minimum absolute atomic E-state index is 0.431. The first-order valence-electron chi connectivity index (χ1n) is 6.55. The Kier molecular flexibility index (Phi) is 2.91. The molecule has 3 rings (SSSR count). The summed E-state index contributed by atoms with van der Waals surface area (Å²) < 4.78 is 0. The predicted molar refractivity (Wildman–Crippen MR) is 73.9 cm³/mol. The Labute approximate surface area is 108 Å². The number of hydrogen-bond donors (Lipinski definition) is 2. The third-order valence-electron chi connectivity index (χ3n) is 4.22. The van der Waals surface area contributed by atoms with Gasteiger partial charge in [-0.25, -0.2) is 0 Å². The summed E-state index contributed by atoms with van der Waals surface area (Å²) >= 11 is 6.24. The summed E-state index contributed by atoms with van der Waals surface area (Å²) in [5.41, 5.74) is 2.66. The molecule has 3 heteroatoms. The van der Waals surface area contributed by atoms with Gasteiger partial charge in [0.15, 0.2) is 0 Å². The molecular weight excluding hydrogens is 232 g/mol. The number of nitrogens with one attached hydrogen (secondary N) is 2. The lowest BCUT2D eigenvalue weighted by Crippen LogP contribution is -2.36. The maximum Gasteiger partial charge on any atom is 0.0765 e. The molecule has 1 fully saturated rings. The second-order valence-electron chi connectivity index (χ2n) is 5.43. The van der Waals surface area contributed by atoms with Crippen molar-refractivity contribution in [3.8, 4) is 0 Å². The highest BCUT2D eigenvalue weighted by Crippen LogP contribution is 2.41. The normalized spacial score (nSPS) is 22.2. The van der Waals surface area contributed by atoms with Crippen LogP contribution in [-0.2, 0) is 0 Å². The highest BCUT2D eigenvalue weighted by Gasteiger charge is 2.33. The topological polar surface area (TPSA) is 24.1 Å². The number of anilines is 2. The number of hydrogen-bond acceptors (Lipinski definition) is 2. The van der Waals surface area contributed by atoms with Crippen molar-refractivity contribution in [3.05, 3.63) is 23.2 Å². The first kappa shape index (κ1) is 11.2. The second-order valence-corrected chi connectivity index (χ2v) is 5.84. The van der Waals surface area contributed by atoms with E-state index in [4.69, 9.17) is 11.6 Å². The van der Waals surface area contributed by atoms with Crippen LogP contribution in [0, 0.1) is 5.41 Å². The molecule has 92 valence electrons. The molecule has 1 heterocycles. The Balaban J connectivity index is 1.85. The molecule has 0 aromatic heterocycles. The van der Waals surface area contributed by atoms with Crippen molar-refractivity contribution in [3.63, 3.8) is 0 Å². The Morgan fingerprint density at radius 3 is 2.59 bits per heavy atom. The minimum Gasteiger partial charge on any atom is -0.383 e. The highest BCUT2D eigenvalue weighted by atomic mass is 35.5. The van der Waals surface area contributed by atoms with Gasteiger partial charge in [0.25, 0.3) is 0 Å². The van der Waals surface area contributed by atoms with E-state index in [0.717, 1.165) is 29.5 Å². The molecular formula is C14H19ClN2. The fraction of sp³-hybridized carbons (Fsp3) is 0.571. The van der Waals surface area contributed by atoms with Gasteiger partial charge < -0.3 is 10.6 Å². The molecule has 1 spiro atoms. The van der Waals surface area contributed by atoms with Crippen LogP contribution in [0.25, 0.3) is 0 Å². The molecule has 1 saturated carbocycles. The molecule has 0 unspecified atom stereocenters. The molecule has 0 amide bonds. The number of halogens is 1. The van der Waals surface area contributed by atoms with Crippen molar-refractivity contribution in [2.45, 2.75) is 32.1 Å². The lowest BCUT2D eigenvalue weighted by atomic mass is 9.74. The molecule has 1 aliphatic carbocycles.